The maximum absolute atomic E-state index is 9.24. The Kier molecular flexibility index (Phi) is 4.14. The number of rotatable bonds is 2. The Hall–Kier alpha value is -1.24. The van der Waals surface area contributed by atoms with Crippen molar-refractivity contribution in [1.29, 1.82) is 5.26 Å². The first-order valence-electron chi connectivity index (χ1n) is 7.34. The molecule has 2 heterocycles. The second-order valence-corrected chi connectivity index (χ2v) is 6.09. The first kappa shape index (κ1) is 13.7. The van der Waals surface area contributed by atoms with E-state index in [0.29, 0.717) is 22.6 Å². The van der Waals surface area contributed by atoms with Crippen LogP contribution in [0.5, 0.6) is 0 Å². The van der Waals surface area contributed by atoms with Crippen molar-refractivity contribution < 1.29 is 4.74 Å². The van der Waals surface area contributed by atoms with Crippen molar-refractivity contribution >= 4 is 17.3 Å². The van der Waals surface area contributed by atoms with Crippen LogP contribution < -0.4 is 4.90 Å². The molecule has 3 nitrogen and oxygen atoms in total. The van der Waals surface area contributed by atoms with Gasteiger partial charge in [0.25, 0.3) is 0 Å². The zero-order valence-electron chi connectivity index (χ0n) is 11.5. The van der Waals surface area contributed by atoms with Crippen molar-refractivity contribution in [3.63, 3.8) is 0 Å². The largest absolute Gasteiger partial charge is 0.378 e. The molecule has 1 aromatic rings. The van der Waals surface area contributed by atoms with Gasteiger partial charge in [-0.15, -0.1) is 0 Å². The van der Waals surface area contributed by atoms with E-state index in [1.807, 2.05) is 12.1 Å². The number of ether oxygens (including phenoxy) is 1. The van der Waals surface area contributed by atoms with E-state index in [1.54, 1.807) is 6.07 Å². The van der Waals surface area contributed by atoms with E-state index in [9.17, 15) is 5.26 Å². The average Bonchev–Trinajstić information content (AvgIpc) is 3.01. The Labute approximate surface area is 125 Å². The quantitative estimate of drug-likeness (QED) is 0.835. The summed E-state index contributed by atoms with van der Waals surface area (Å²) in [5.41, 5.74) is 1.69. The molecule has 4 heteroatoms. The van der Waals surface area contributed by atoms with Crippen LogP contribution in [0.1, 0.15) is 31.2 Å². The third-order valence-corrected chi connectivity index (χ3v) is 4.69. The number of halogens is 1. The second kappa shape index (κ2) is 6.03. The van der Waals surface area contributed by atoms with Crippen LogP contribution in [-0.2, 0) is 4.74 Å². The first-order chi connectivity index (χ1) is 9.78. The Morgan fingerprint density at radius 1 is 1.25 bits per heavy atom. The Bertz CT molecular complexity index is 512. The molecule has 2 aliphatic heterocycles. The number of nitriles is 1. The Morgan fingerprint density at radius 2 is 2.05 bits per heavy atom. The van der Waals surface area contributed by atoms with E-state index in [4.69, 9.17) is 16.3 Å². The topological polar surface area (TPSA) is 36.3 Å². The summed E-state index contributed by atoms with van der Waals surface area (Å²) in [5, 5.41) is 9.87. The molecule has 20 heavy (non-hydrogen) atoms. The van der Waals surface area contributed by atoms with E-state index in [1.165, 1.54) is 12.8 Å². The first-order valence-corrected chi connectivity index (χ1v) is 7.72. The van der Waals surface area contributed by atoms with E-state index in [2.05, 4.69) is 11.0 Å². The lowest BCUT2D eigenvalue weighted by molar-refractivity contribution is 0.0531. The molecule has 2 saturated heterocycles. The number of hydrogen-bond donors (Lipinski definition) is 0. The number of benzene rings is 1. The maximum Gasteiger partial charge on any atom is 0.101 e. The third kappa shape index (κ3) is 2.77. The van der Waals surface area contributed by atoms with Gasteiger partial charge < -0.3 is 9.64 Å². The molecule has 0 N–H and O–H groups in total. The molecule has 0 saturated carbocycles. The summed E-state index contributed by atoms with van der Waals surface area (Å²) in [7, 11) is 0. The van der Waals surface area contributed by atoms with E-state index >= 15 is 0 Å². The number of piperidine rings is 1. The summed E-state index contributed by atoms with van der Waals surface area (Å²) in [6.45, 7) is 2.93. The highest BCUT2D eigenvalue weighted by atomic mass is 35.5. The van der Waals surface area contributed by atoms with Gasteiger partial charge in [0.15, 0.2) is 0 Å². The van der Waals surface area contributed by atoms with Gasteiger partial charge in [-0.05, 0) is 49.8 Å². The summed E-state index contributed by atoms with van der Waals surface area (Å²) >= 11 is 5.96. The molecule has 0 radical (unpaired) electrons. The van der Waals surface area contributed by atoms with Gasteiger partial charge in [0.05, 0.1) is 17.4 Å². The van der Waals surface area contributed by atoms with Crippen molar-refractivity contribution in [3.05, 3.63) is 28.8 Å². The molecule has 3 rings (SSSR count). The lowest BCUT2D eigenvalue weighted by Gasteiger charge is -2.36. The van der Waals surface area contributed by atoms with Gasteiger partial charge in [-0.2, -0.15) is 5.26 Å². The van der Waals surface area contributed by atoms with Crippen molar-refractivity contribution in [1.82, 2.24) is 0 Å². The summed E-state index contributed by atoms with van der Waals surface area (Å²) in [6, 6.07) is 7.83. The summed E-state index contributed by atoms with van der Waals surface area (Å²) < 4.78 is 5.81. The lowest BCUT2D eigenvalue weighted by Crippen LogP contribution is -2.38. The fraction of sp³-hybridized carbons (Fsp3) is 0.562. The predicted octanol–water partition coefficient (Wildman–Crippen LogP) is 3.61. The molecule has 0 amide bonds. The summed E-state index contributed by atoms with van der Waals surface area (Å²) in [5.74, 6) is 0.687. The molecular weight excluding hydrogens is 272 g/mol. The normalized spacial score (nSPS) is 23.8. The van der Waals surface area contributed by atoms with Crippen LogP contribution in [-0.4, -0.2) is 25.8 Å². The van der Waals surface area contributed by atoms with Crippen molar-refractivity contribution in [2.24, 2.45) is 5.92 Å². The highest BCUT2D eigenvalue weighted by molar-refractivity contribution is 6.30. The molecule has 1 aromatic carbocycles. The number of hydrogen-bond acceptors (Lipinski definition) is 3. The van der Waals surface area contributed by atoms with Gasteiger partial charge in [-0.25, -0.2) is 0 Å². The molecule has 106 valence electrons. The molecule has 0 aromatic heterocycles. The molecule has 0 bridgehead atoms. The van der Waals surface area contributed by atoms with Crippen molar-refractivity contribution in [2.45, 2.75) is 31.8 Å². The summed E-state index contributed by atoms with van der Waals surface area (Å²) in [4.78, 5) is 2.31. The van der Waals surface area contributed by atoms with Gasteiger partial charge in [0, 0.05) is 24.7 Å². The van der Waals surface area contributed by atoms with Gasteiger partial charge >= 0.3 is 0 Å². The number of nitrogens with zero attached hydrogens (tertiary/aromatic N) is 2. The highest BCUT2D eigenvalue weighted by Crippen LogP contribution is 2.32. The fourth-order valence-electron chi connectivity index (χ4n) is 3.36. The van der Waals surface area contributed by atoms with Gasteiger partial charge in [0.2, 0.25) is 0 Å². The Morgan fingerprint density at radius 3 is 2.70 bits per heavy atom. The molecule has 2 aliphatic rings. The average molecular weight is 291 g/mol. The summed E-state index contributed by atoms with van der Waals surface area (Å²) in [6.07, 6.45) is 5.20. The van der Waals surface area contributed by atoms with E-state index in [-0.39, 0.29) is 0 Å². The minimum absolute atomic E-state index is 0.470. The van der Waals surface area contributed by atoms with Crippen LogP contribution in [0.4, 0.5) is 5.69 Å². The van der Waals surface area contributed by atoms with Crippen LogP contribution in [0.15, 0.2) is 18.2 Å². The zero-order valence-corrected chi connectivity index (χ0v) is 12.3. The fourth-order valence-corrected chi connectivity index (χ4v) is 3.53. The monoisotopic (exact) mass is 290 g/mol. The van der Waals surface area contributed by atoms with Crippen LogP contribution in [0.3, 0.4) is 0 Å². The third-order valence-electron chi connectivity index (χ3n) is 4.45. The second-order valence-electron chi connectivity index (χ2n) is 5.65. The lowest BCUT2D eigenvalue weighted by atomic mass is 9.89. The van der Waals surface area contributed by atoms with E-state index in [0.717, 1.165) is 38.2 Å². The SMILES string of the molecule is N#Cc1cc(Cl)ccc1N1CCC(C2CCCO2)CC1. The molecule has 1 unspecified atom stereocenters. The van der Waals surface area contributed by atoms with Crippen LogP contribution in [0.25, 0.3) is 0 Å². The smallest absolute Gasteiger partial charge is 0.101 e. The van der Waals surface area contributed by atoms with Crippen LogP contribution in [0, 0.1) is 17.2 Å². The van der Waals surface area contributed by atoms with Crippen molar-refractivity contribution in [2.75, 3.05) is 24.6 Å². The molecule has 0 spiro atoms. The molecule has 2 fully saturated rings. The predicted molar refractivity (Wildman–Crippen MR) is 80.1 cm³/mol. The van der Waals surface area contributed by atoms with Crippen molar-refractivity contribution in [3.8, 4) is 6.07 Å². The minimum atomic E-state index is 0.470. The molecular formula is C16H19ClN2O. The minimum Gasteiger partial charge on any atom is -0.378 e. The van der Waals surface area contributed by atoms with Gasteiger partial charge in [-0.3, -0.25) is 0 Å². The number of anilines is 1. The zero-order chi connectivity index (χ0) is 13.9. The van der Waals surface area contributed by atoms with E-state index < -0.39 is 0 Å². The molecule has 0 aliphatic carbocycles. The standard InChI is InChI=1S/C16H19ClN2O/c17-14-3-4-15(13(10-14)11-18)19-7-5-12(6-8-19)16-2-1-9-20-16/h3-4,10,12,16H,1-2,5-9H2. The van der Waals surface area contributed by atoms with Gasteiger partial charge in [-0.1, -0.05) is 11.6 Å². The Balaban J connectivity index is 1.67. The van der Waals surface area contributed by atoms with Crippen LogP contribution in [0.2, 0.25) is 5.02 Å². The molecule has 1 atom stereocenters. The van der Waals surface area contributed by atoms with Crippen LogP contribution >= 0.6 is 11.6 Å². The van der Waals surface area contributed by atoms with Gasteiger partial charge in [0.1, 0.15) is 6.07 Å². The maximum atomic E-state index is 9.24. The highest BCUT2D eigenvalue weighted by Gasteiger charge is 2.30.